The Hall–Kier alpha value is -4.64. The maximum atomic E-state index is 12.7. The molecule has 0 aliphatic heterocycles. The number of benzene rings is 4. The van der Waals surface area contributed by atoms with Gasteiger partial charge >= 0.3 is 5.91 Å². The van der Waals surface area contributed by atoms with Gasteiger partial charge in [-0.3, -0.25) is 4.79 Å². The molecule has 0 atom stereocenters. The van der Waals surface area contributed by atoms with Crippen molar-refractivity contribution in [1.29, 1.82) is 0 Å². The molecule has 1 N–H and O–H groups in total. The minimum Gasteiger partial charge on any atom is -0.451 e. The van der Waals surface area contributed by atoms with Crippen molar-refractivity contribution in [2.75, 3.05) is 0 Å². The molecule has 0 radical (unpaired) electrons. The molecule has 0 aliphatic rings. The largest absolute Gasteiger partial charge is 0.451 e. The number of fused-ring (bicyclic) bond motifs is 4. The topological polar surface area (TPSA) is 59.5 Å². The molecule has 2 aromatic heterocycles. The van der Waals surface area contributed by atoms with Gasteiger partial charge in [-0.2, -0.15) is 5.10 Å². The van der Waals surface area contributed by atoms with E-state index in [0.717, 1.165) is 39.2 Å². The number of furan rings is 1. The Kier molecular flexibility index (Phi) is 4.92. The maximum Gasteiger partial charge on any atom is 0.307 e. The van der Waals surface area contributed by atoms with Crippen LogP contribution in [-0.2, 0) is 6.54 Å². The van der Waals surface area contributed by atoms with Gasteiger partial charge in [0, 0.05) is 34.6 Å². The average molecular weight is 444 g/mol. The fourth-order valence-electron chi connectivity index (χ4n) is 4.41. The summed E-state index contributed by atoms with van der Waals surface area (Å²) in [4.78, 5) is 12.7. The number of carbonyl (C=O) groups excluding carboxylic acids is 1. The summed E-state index contributed by atoms with van der Waals surface area (Å²) in [6.07, 6.45) is 3.74. The number of hydrazone groups is 1. The second-order valence-electron chi connectivity index (χ2n) is 8.22. The first-order valence-corrected chi connectivity index (χ1v) is 11.1. The van der Waals surface area contributed by atoms with E-state index in [4.69, 9.17) is 4.42 Å². The molecular weight excluding hydrogens is 422 g/mol. The number of nitrogens with one attached hydrogen (secondary N) is 1. The average Bonchev–Trinajstić information content (AvgIpc) is 3.47. The monoisotopic (exact) mass is 443 g/mol. The number of nitrogens with zero attached hydrogens (tertiary/aromatic N) is 2. The van der Waals surface area contributed by atoms with Crippen LogP contribution in [0, 0.1) is 0 Å². The van der Waals surface area contributed by atoms with Crippen molar-refractivity contribution in [3.63, 3.8) is 0 Å². The number of aromatic nitrogens is 1. The maximum absolute atomic E-state index is 12.7. The predicted octanol–water partition coefficient (Wildman–Crippen LogP) is 6.35. The molecule has 2 heterocycles. The first-order valence-electron chi connectivity index (χ1n) is 11.1. The molecule has 164 valence electrons. The molecule has 6 rings (SSSR count). The number of para-hydroxylation sites is 1. The Bertz CT molecular complexity index is 1680. The minimum absolute atomic E-state index is 0.231. The van der Waals surface area contributed by atoms with Gasteiger partial charge in [-0.25, -0.2) is 5.43 Å². The van der Waals surface area contributed by atoms with Crippen LogP contribution in [0.15, 0.2) is 113 Å². The van der Waals surface area contributed by atoms with Crippen LogP contribution in [-0.4, -0.2) is 16.7 Å². The molecule has 0 saturated carbocycles. The zero-order valence-corrected chi connectivity index (χ0v) is 18.3. The molecule has 0 spiro atoms. The van der Waals surface area contributed by atoms with Gasteiger partial charge in [0.2, 0.25) is 0 Å². The van der Waals surface area contributed by atoms with Gasteiger partial charge in [0.15, 0.2) is 5.76 Å². The second-order valence-corrected chi connectivity index (χ2v) is 8.22. The number of hydrogen-bond acceptors (Lipinski definition) is 3. The van der Waals surface area contributed by atoms with E-state index in [-0.39, 0.29) is 11.7 Å². The first kappa shape index (κ1) is 20.0. The molecule has 0 saturated heterocycles. The lowest BCUT2D eigenvalue weighted by Gasteiger charge is -2.05. The van der Waals surface area contributed by atoms with Gasteiger partial charge in [-0.1, -0.05) is 78.9 Å². The number of hydrogen-bond donors (Lipinski definition) is 1. The van der Waals surface area contributed by atoms with E-state index in [9.17, 15) is 4.79 Å². The van der Waals surface area contributed by atoms with Crippen LogP contribution >= 0.6 is 0 Å². The van der Waals surface area contributed by atoms with E-state index < -0.39 is 0 Å². The Morgan fingerprint density at radius 1 is 0.853 bits per heavy atom. The lowest BCUT2D eigenvalue weighted by Crippen LogP contribution is -2.16. The molecule has 5 nitrogen and oxygen atoms in total. The van der Waals surface area contributed by atoms with Crippen molar-refractivity contribution < 1.29 is 9.21 Å². The number of amides is 1. The van der Waals surface area contributed by atoms with Crippen LogP contribution < -0.4 is 5.43 Å². The van der Waals surface area contributed by atoms with E-state index in [0.29, 0.717) is 5.58 Å². The van der Waals surface area contributed by atoms with E-state index in [1.54, 1.807) is 12.3 Å². The Labute approximate surface area is 195 Å². The van der Waals surface area contributed by atoms with Gasteiger partial charge in [0.1, 0.15) is 5.58 Å². The van der Waals surface area contributed by atoms with Gasteiger partial charge in [0.25, 0.3) is 0 Å². The molecule has 34 heavy (non-hydrogen) atoms. The zero-order valence-electron chi connectivity index (χ0n) is 18.3. The minimum atomic E-state index is -0.385. The van der Waals surface area contributed by atoms with Crippen molar-refractivity contribution in [2.24, 2.45) is 5.10 Å². The van der Waals surface area contributed by atoms with Gasteiger partial charge < -0.3 is 8.98 Å². The molecule has 0 bridgehead atoms. The summed E-state index contributed by atoms with van der Waals surface area (Å²) >= 11 is 0. The molecule has 0 unspecified atom stereocenters. The SMILES string of the molecule is O=C(N/N=C/c1cn(Cc2ccccc2)c2ccccc12)c1cc2c(ccc3ccccc32)o1. The van der Waals surface area contributed by atoms with Gasteiger partial charge in [-0.15, -0.1) is 0 Å². The smallest absolute Gasteiger partial charge is 0.307 e. The van der Waals surface area contributed by atoms with Crippen LogP contribution in [0.4, 0.5) is 0 Å². The van der Waals surface area contributed by atoms with Crippen molar-refractivity contribution >= 4 is 44.8 Å². The highest BCUT2D eigenvalue weighted by Gasteiger charge is 2.14. The Morgan fingerprint density at radius 3 is 2.50 bits per heavy atom. The lowest BCUT2D eigenvalue weighted by atomic mass is 10.1. The fraction of sp³-hybridized carbons (Fsp3) is 0.0345. The predicted molar refractivity (Wildman–Crippen MR) is 136 cm³/mol. The molecular formula is C29H21N3O2. The summed E-state index contributed by atoms with van der Waals surface area (Å²) in [5, 5.41) is 8.37. The van der Waals surface area contributed by atoms with Crippen molar-refractivity contribution in [3.8, 4) is 0 Å². The molecule has 4 aromatic carbocycles. The third-order valence-electron chi connectivity index (χ3n) is 6.03. The van der Waals surface area contributed by atoms with Gasteiger partial charge in [-0.05, 0) is 34.5 Å². The molecule has 0 aliphatic carbocycles. The van der Waals surface area contributed by atoms with Crippen LogP contribution in [0.3, 0.4) is 0 Å². The van der Waals surface area contributed by atoms with Crippen LogP contribution in [0.2, 0.25) is 0 Å². The van der Waals surface area contributed by atoms with E-state index in [1.165, 1.54) is 5.56 Å². The second kappa shape index (κ2) is 8.37. The lowest BCUT2D eigenvalue weighted by molar-refractivity contribution is 0.0929. The quantitative estimate of drug-likeness (QED) is 0.249. The molecule has 6 aromatic rings. The Morgan fingerprint density at radius 2 is 1.62 bits per heavy atom. The normalized spacial score (nSPS) is 11.6. The fourth-order valence-corrected chi connectivity index (χ4v) is 4.41. The van der Waals surface area contributed by atoms with E-state index in [2.05, 4.69) is 45.6 Å². The number of carbonyl (C=O) groups is 1. The summed E-state index contributed by atoms with van der Waals surface area (Å²) in [5.74, 6) is -0.153. The standard InChI is InChI=1S/C29H21N3O2/c33-29(28-16-25-23-11-5-4-10-21(23)14-15-27(25)34-28)31-30-17-22-19-32(18-20-8-2-1-3-9-20)26-13-7-6-12-24(22)26/h1-17,19H,18H2,(H,31,33)/b30-17+. The first-order chi connectivity index (χ1) is 16.8. The molecule has 0 fully saturated rings. The Balaban J connectivity index is 1.26. The number of rotatable bonds is 5. The van der Waals surface area contributed by atoms with Crippen LogP contribution in [0.25, 0.3) is 32.6 Å². The summed E-state index contributed by atoms with van der Waals surface area (Å²) in [6.45, 7) is 0.758. The third-order valence-corrected chi connectivity index (χ3v) is 6.03. The van der Waals surface area contributed by atoms with E-state index >= 15 is 0 Å². The highest BCUT2D eigenvalue weighted by atomic mass is 16.3. The molecule has 1 amide bonds. The van der Waals surface area contributed by atoms with Gasteiger partial charge in [0.05, 0.1) is 6.21 Å². The van der Waals surface area contributed by atoms with Crippen LogP contribution in [0.1, 0.15) is 21.7 Å². The van der Waals surface area contributed by atoms with E-state index in [1.807, 2.05) is 66.7 Å². The highest BCUT2D eigenvalue weighted by Crippen LogP contribution is 2.28. The van der Waals surface area contributed by atoms with Crippen LogP contribution in [0.5, 0.6) is 0 Å². The third kappa shape index (κ3) is 3.63. The highest BCUT2D eigenvalue weighted by molar-refractivity contribution is 6.08. The zero-order chi connectivity index (χ0) is 22.9. The summed E-state index contributed by atoms with van der Waals surface area (Å²) in [5.41, 5.74) is 6.55. The van der Waals surface area contributed by atoms with Crippen molar-refractivity contribution in [1.82, 2.24) is 9.99 Å². The molecule has 5 heteroatoms. The summed E-state index contributed by atoms with van der Waals surface area (Å²) < 4.78 is 7.98. The summed E-state index contributed by atoms with van der Waals surface area (Å²) in [7, 11) is 0. The summed E-state index contributed by atoms with van der Waals surface area (Å²) in [6, 6.07) is 32.2. The van der Waals surface area contributed by atoms with Crippen molar-refractivity contribution in [2.45, 2.75) is 6.54 Å². The van der Waals surface area contributed by atoms with Crippen molar-refractivity contribution in [3.05, 3.63) is 120 Å².